The summed E-state index contributed by atoms with van der Waals surface area (Å²) in [5.74, 6) is -0.742. The molecule has 1 saturated heterocycles. The molecule has 0 spiro atoms. The van der Waals surface area contributed by atoms with Crippen molar-refractivity contribution in [3.05, 3.63) is 12.2 Å². The Labute approximate surface area is 116 Å². The van der Waals surface area contributed by atoms with Crippen LogP contribution in [0.4, 0.5) is 0 Å². The van der Waals surface area contributed by atoms with Gasteiger partial charge in [0.25, 0.3) is 0 Å². The summed E-state index contributed by atoms with van der Waals surface area (Å²) in [4.78, 5) is 23.0. The van der Waals surface area contributed by atoms with Crippen molar-refractivity contribution in [2.45, 2.75) is 64.7 Å². The van der Waals surface area contributed by atoms with E-state index in [4.69, 9.17) is 4.74 Å². The SMILES string of the molecule is CCCCCCC=CCCCC(=O)C1CCOC1=O. The van der Waals surface area contributed by atoms with Gasteiger partial charge < -0.3 is 4.74 Å². The van der Waals surface area contributed by atoms with Gasteiger partial charge in [-0.25, -0.2) is 0 Å². The highest BCUT2D eigenvalue weighted by Gasteiger charge is 2.32. The summed E-state index contributed by atoms with van der Waals surface area (Å²) in [6.45, 7) is 2.62. The number of Topliss-reactive ketones (excluding diaryl/α,β-unsaturated/α-hetero) is 1. The molecule has 0 amide bonds. The highest BCUT2D eigenvalue weighted by molar-refractivity contribution is 5.99. The molecule has 0 aromatic heterocycles. The summed E-state index contributed by atoms with van der Waals surface area (Å²) < 4.78 is 4.80. The zero-order valence-corrected chi connectivity index (χ0v) is 12.0. The normalized spacial score (nSPS) is 19.0. The average molecular weight is 266 g/mol. The smallest absolute Gasteiger partial charge is 0.316 e. The minimum Gasteiger partial charge on any atom is -0.465 e. The predicted molar refractivity (Wildman–Crippen MR) is 75.8 cm³/mol. The third-order valence-corrected chi connectivity index (χ3v) is 3.51. The largest absolute Gasteiger partial charge is 0.465 e. The molecule has 108 valence electrons. The summed E-state index contributed by atoms with van der Waals surface area (Å²) in [5, 5.41) is 0. The maximum Gasteiger partial charge on any atom is 0.316 e. The Bertz CT molecular complexity index is 307. The van der Waals surface area contributed by atoms with Crippen LogP contribution in [0.5, 0.6) is 0 Å². The number of allylic oxidation sites excluding steroid dienone is 2. The second kappa shape index (κ2) is 9.76. The van der Waals surface area contributed by atoms with Crippen molar-refractivity contribution in [2.24, 2.45) is 5.92 Å². The van der Waals surface area contributed by atoms with E-state index in [1.54, 1.807) is 0 Å². The minimum absolute atomic E-state index is 0.0545. The third-order valence-electron chi connectivity index (χ3n) is 3.51. The van der Waals surface area contributed by atoms with E-state index >= 15 is 0 Å². The van der Waals surface area contributed by atoms with Crippen molar-refractivity contribution >= 4 is 11.8 Å². The molecule has 0 aromatic carbocycles. The molecule has 0 aromatic rings. The first kappa shape index (κ1) is 15.9. The van der Waals surface area contributed by atoms with E-state index in [0.29, 0.717) is 19.4 Å². The molecular formula is C16H26O3. The molecule has 0 saturated carbocycles. The molecule has 1 fully saturated rings. The van der Waals surface area contributed by atoms with Crippen LogP contribution in [0.2, 0.25) is 0 Å². The van der Waals surface area contributed by atoms with E-state index in [9.17, 15) is 9.59 Å². The molecule has 3 heteroatoms. The Balaban J connectivity index is 1.99. The Morgan fingerprint density at radius 1 is 1.21 bits per heavy atom. The van der Waals surface area contributed by atoms with E-state index in [-0.39, 0.29) is 11.8 Å². The number of esters is 1. The van der Waals surface area contributed by atoms with Crippen LogP contribution in [-0.2, 0) is 14.3 Å². The summed E-state index contributed by atoms with van der Waals surface area (Å²) in [6.07, 6.45) is 13.5. The van der Waals surface area contributed by atoms with Gasteiger partial charge in [0.15, 0.2) is 0 Å². The van der Waals surface area contributed by atoms with Crippen LogP contribution >= 0.6 is 0 Å². The second-order valence-corrected chi connectivity index (χ2v) is 5.19. The molecule has 1 heterocycles. The zero-order valence-electron chi connectivity index (χ0n) is 12.0. The maximum atomic E-state index is 11.7. The van der Waals surface area contributed by atoms with Crippen molar-refractivity contribution < 1.29 is 14.3 Å². The van der Waals surface area contributed by atoms with Gasteiger partial charge in [-0.2, -0.15) is 0 Å². The van der Waals surface area contributed by atoms with Crippen LogP contribution in [0.15, 0.2) is 12.2 Å². The number of unbranched alkanes of at least 4 members (excludes halogenated alkanes) is 5. The van der Waals surface area contributed by atoms with Gasteiger partial charge in [0.1, 0.15) is 11.7 Å². The lowest BCUT2D eigenvalue weighted by atomic mass is 9.98. The number of carbonyl (C=O) groups excluding carboxylic acids is 2. The van der Waals surface area contributed by atoms with E-state index in [0.717, 1.165) is 19.3 Å². The second-order valence-electron chi connectivity index (χ2n) is 5.19. The molecule has 3 nitrogen and oxygen atoms in total. The molecule has 0 N–H and O–H groups in total. The van der Waals surface area contributed by atoms with Crippen LogP contribution in [0.25, 0.3) is 0 Å². The number of hydrogen-bond donors (Lipinski definition) is 0. The predicted octanol–water partition coefficient (Wildman–Crippen LogP) is 3.82. The average Bonchev–Trinajstić information content (AvgIpc) is 2.83. The topological polar surface area (TPSA) is 43.4 Å². The van der Waals surface area contributed by atoms with Crippen molar-refractivity contribution in [3.63, 3.8) is 0 Å². The first-order chi connectivity index (χ1) is 9.25. The fourth-order valence-electron chi connectivity index (χ4n) is 2.28. The van der Waals surface area contributed by atoms with Crippen LogP contribution in [0.3, 0.4) is 0 Å². The molecule has 1 aliphatic heterocycles. The van der Waals surface area contributed by atoms with E-state index in [1.807, 2.05) is 0 Å². The highest BCUT2D eigenvalue weighted by Crippen LogP contribution is 2.18. The monoisotopic (exact) mass is 266 g/mol. The molecule has 0 bridgehead atoms. The molecular weight excluding hydrogens is 240 g/mol. The molecule has 1 unspecified atom stereocenters. The Morgan fingerprint density at radius 3 is 2.58 bits per heavy atom. The van der Waals surface area contributed by atoms with Crippen molar-refractivity contribution in [2.75, 3.05) is 6.61 Å². The Kier molecular flexibility index (Phi) is 8.19. The van der Waals surface area contributed by atoms with Gasteiger partial charge in [0.05, 0.1) is 6.61 Å². The lowest BCUT2D eigenvalue weighted by Crippen LogP contribution is -2.18. The number of carbonyl (C=O) groups is 2. The summed E-state index contributed by atoms with van der Waals surface area (Å²) in [7, 11) is 0. The first-order valence-corrected chi connectivity index (χ1v) is 7.60. The highest BCUT2D eigenvalue weighted by atomic mass is 16.5. The number of cyclic esters (lactones) is 1. The standard InChI is InChI=1S/C16H26O3/c1-2-3-4-5-6-7-8-9-10-11-15(17)14-12-13-19-16(14)18/h7-8,14H,2-6,9-13H2,1H3. The minimum atomic E-state index is -0.474. The molecule has 1 aliphatic rings. The maximum absolute atomic E-state index is 11.7. The lowest BCUT2D eigenvalue weighted by Gasteiger charge is -2.03. The van der Waals surface area contributed by atoms with Crippen LogP contribution in [0.1, 0.15) is 64.7 Å². The van der Waals surface area contributed by atoms with Gasteiger partial charge in [0, 0.05) is 12.8 Å². The number of ether oxygens (including phenoxy) is 1. The van der Waals surface area contributed by atoms with Crippen molar-refractivity contribution in [3.8, 4) is 0 Å². The van der Waals surface area contributed by atoms with Crippen LogP contribution in [-0.4, -0.2) is 18.4 Å². The van der Waals surface area contributed by atoms with Crippen LogP contribution in [0, 0.1) is 5.92 Å². The van der Waals surface area contributed by atoms with Gasteiger partial charge in [0.2, 0.25) is 0 Å². The van der Waals surface area contributed by atoms with E-state index < -0.39 is 5.92 Å². The molecule has 0 aliphatic carbocycles. The number of rotatable bonds is 10. The fourth-order valence-corrected chi connectivity index (χ4v) is 2.28. The number of hydrogen-bond acceptors (Lipinski definition) is 3. The van der Waals surface area contributed by atoms with Crippen molar-refractivity contribution in [1.29, 1.82) is 0 Å². The summed E-state index contributed by atoms with van der Waals surface area (Å²) in [6, 6.07) is 0. The Hall–Kier alpha value is -1.12. The van der Waals surface area contributed by atoms with Gasteiger partial charge in [-0.1, -0.05) is 38.3 Å². The third kappa shape index (κ3) is 6.55. The van der Waals surface area contributed by atoms with Gasteiger partial charge >= 0.3 is 5.97 Å². The van der Waals surface area contributed by atoms with Crippen molar-refractivity contribution in [1.82, 2.24) is 0 Å². The fraction of sp³-hybridized carbons (Fsp3) is 0.750. The first-order valence-electron chi connectivity index (χ1n) is 7.60. The summed E-state index contributed by atoms with van der Waals surface area (Å²) >= 11 is 0. The molecule has 1 rings (SSSR count). The number of ketones is 1. The summed E-state index contributed by atoms with van der Waals surface area (Å²) in [5.41, 5.74) is 0. The van der Waals surface area contributed by atoms with Crippen LogP contribution < -0.4 is 0 Å². The Morgan fingerprint density at radius 2 is 1.95 bits per heavy atom. The van der Waals surface area contributed by atoms with Gasteiger partial charge in [-0.3, -0.25) is 9.59 Å². The van der Waals surface area contributed by atoms with E-state index in [2.05, 4.69) is 19.1 Å². The lowest BCUT2D eigenvalue weighted by molar-refractivity contribution is -0.144. The zero-order chi connectivity index (χ0) is 13.9. The van der Waals surface area contributed by atoms with Gasteiger partial charge in [-0.15, -0.1) is 0 Å². The quantitative estimate of drug-likeness (QED) is 0.261. The van der Waals surface area contributed by atoms with E-state index in [1.165, 1.54) is 25.7 Å². The van der Waals surface area contributed by atoms with Gasteiger partial charge in [-0.05, 0) is 25.7 Å². The molecule has 19 heavy (non-hydrogen) atoms. The molecule has 0 radical (unpaired) electrons. The molecule has 1 atom stereocenters.